The molecule has 1 aromatic carbocycles. The van der Waals surface area contributed by atoms with E-state index >= 15 is 0 Å². The van der Waals surface area contributed by atoms with Gasteiger partial charge in [0.2, 0.25) is 0 Å². The lowest BCUT2D eigenvalue weighted by Crippen LogP contribution is -2.54. The molecule has 0 heterocycles. The van der Waals surface area contributed by atoms with E-state index in [1.54, 1.807) is 0 Å². The molecule has 130 valence electrons. The fraction of sp³-hybridized carbons (Fsp3) is 0.700. The van der Waals surface area contributed by atoms with Gasteiger partial charge in [-0.1, -0.05) is 57.2 Å². The van der Waals surface area contributed by atoms with Crippen LogP contribution in [0.1, 0.15) is 62.1 Å². The lowest BCUT2D eigenvalue weighted by Gasteiger charge is -2.31. The molecule has 1 atom stereocenters. The Morgan fingerprint density at radius 3 is 2.35 bits per heavy atom. The maximum atomic E-state index is 9.50. The van der Waals surface area contributed by atoms with Crippen molar-refractivity contribution in [3.05, 3.63) is 34.9 Å². The Kier molecular flexibility index (Phi) is 7.07. The van der Waals surface area contributed by atoms with Gasteiger partial charge in [-0.3, -0.25) is 0 Å². The largest absolute Gasteiger partial charge is 0.394 e. The average molecular weight is 319 g/mol. The van der Waals surface area contributed by atoms with Crippen molar-refractivity contribution in [1.29, 1.82) is 0 Å². The quantitative estimate of drug-likeness (QED) is 0.581. The number of rotatable bonds is 10. The Morgan fingerprint density at radius 2 is 1.65 bits per heavy atom. The van der Waals surface area contributed by atoms with Crippen LogP contribution in [0.25, 0.3) is 0 Å². The lowest BCUT2D eigenvalue weighted by molar-refractivity contribution is 0.0783. The van der Waals surface area contributed by atoms with Gasteiger partial charge in [0.05, 0.1) is 18.8 Å². The minimum Gasteiger partial charge on any atom is -0.394 e. The fourth-order valence-electron chi connectivity index (χ4n) is 3.65. The summed E-state index contributed by atoms with van der Waals surface area (Å²) < 4.78 is 0. The molecule has 1 aliphatic carbocycles. The number of hydrogen-bond donors (Lipinski definition) is 3. The van der Waals surface area contributed by atoms with Crippen molar-refractivity contribution in [2.75, 3.05) is 13.2 Å². The molecule has 0 unspecified atom stereocenters. The van der Waals surface area contributed by atoms with Gasteiger partial charge in [-0.15, -0.1) is 0 Å². The molecule has 1 aromatic rings. The van der Waals surface area contributed by atoms with Crippen molar-refractivity contribution in [3.8, 4) is 0 Å². The van der Waals surface area contributed by atoms with Crippen molar-refractivity contribution in [2.45, 2.75) is 70.3 Å². The molecule has 1 aliphatic rings. The van der Waals surface area contributed by atoms with Gasteiger partial charge in [-0.2, -0.15) is 0 Å². The molecule has 4 N–H and O–H groups in total. The van der Waals surface area contributed by atoms with Crippen LogP contribution in [0.15, 0.2) is 18.2 Å². The lowest BCUT2D eigenvalue weighted by atomic mass is 9.84. The van der Waals surface area contributed by atoms with E-state index in [0.717, 1.165) is 19.3 Å². The van der Waals surface area contributed by atoms with E-state index in [1.165, 1.54) is 55.2 Å². The van der Waals surface area contributed by atoms with Gasteiger partial charge >= 0.3 is 0 Å². The molecule has 3 heteroatoms. The first-order chi connectivity index (χ1) is 11.1. The first-order valence-electron chi connectivity index (χ1n) is 9.24. The van der Waals surface area contributed by atoms with Crippen molar-refractivity contribution in [2.24, 2.45) is 11.7 Å². The molecular weight excluding hydrogens is 286 g/mol. The van der Waals surface area contributed by atoms with Crippen molar-refractivity contribution < 1.29 is 10.2 Å². The second-order valence-corrected chi connectivity index (χ2v) is 7.28. The Morgan fingerprint density at radius 1 is 1.00 bits per heavy atom. The third kappa shape index (κ3) is 4.79. The third-order valence-electron chi connectivity index (χ3n) is 5.42. The number of aryl methyl sites for hydroxylation is 1. The van der Waals surface area contributed by atoms with E-state index in [-0.39, 0.29) is 19.1 Å². The van der Waals surface area contributed by atoms with Gasteiger partial charge in [0.25, 0.3) is 0 Å². The first-order valence-corrected chi connectivity index (χ1v) is 9.24. The van der Waals surface area contributed by atoms with Crippen LogP contribution >= 0.6 is 0 Å². The second kappa shape index (κ2) is 8.81. The third-order valence-corrected chi connectivity index (χ3v) is 5.42. The highest BCUT2D eigenvalue weighted by atomic mass is 16.3. The molecule has 3 nitrogen and oxygen atoms in total. The minimum absolute atomic E-state index is 0.136. The van der Waals surface area contributed by atoms with Crippen LogP contribution in [0.5, 0.6) is 0 Å². The number of benzene rings is 1. The van der Waals surface area contributed by atoms with Crippen LogP contribution in [-0.4, -0.2) is 29.0 Å². The van der Waals surface area contributed by atoms with Crippen molar-refractivity contribution >= 4 is 0 Å². The number of hydrogen-bond acceptors (Lipinski definition) is 3. The van der Waals surface area contributed by atoms with Crippen molar-refractivity contribution in [1.82, 2.24) is 0 Å². The van der Waals surface area contributed by atoms with E-state index in [2.05, 4.69) is 25.1 Å². The highest BCUT2D eigenvalue weighted by Crippen LogP contribution is 2.33. The zero-order valence-corrected chi connectivity index (χ0v) is 14.6. The molecule has 2 rings (SSSR count). The highest BCUT2D eigenvalue weighted by molar-refractivity contribution is 5.37. The predicted molar refractivity (Wildman–Crippen MR) is 95.5 cm³/mol. The Balaban J connectivity index is 1.85. The second-order valence-electron chi connectivity index (χ2n) is 7.28. The van der Waals surface area contributed by atoms with Crippen LogP contribution in [0.3, 0.4) is 0 Å². The van der Waals surface area contributed by atoms with E-state index in [1.807, 2.05) is 0 Å². The number of nitrogens with two attached hydrogens (primary N) is 1. The smallest absolute Gasteiger partial charge is 0.0658 e. The SMILES string of the molecule is CCCCCCCCc1ccc2c(c1)C[C@@H](C(N)(CO)CO)C2. The zero-order chi connectivity index (χ0) is 16.7. The average Bonchev–Trinajstić information content (AvgIpc) is 3.01. The molecule has 0 spiro atoms. The van der Waals surface area contributed by atoms with Gasteiger partial charge in [-0.05, 0) is 48.3 Å². The van der Waals surface area contributed by atoms with Crippen LogP contribution in [-0.2, 0) is 19.3 Å². The summed E-state index contributed by atoms with van der Waals surface area (Å²) >= 11 is 0. The van der Waals surface area contributed by atoms with Gasteiger partial charge in [0, 0.05) is 0 Å². The minimum atomic E-state index is -0.863. The van der Waals surface area contributed by atoms with Gasteiger partial charge in [-0.25, -0.2) is 0 Å². The molecule has 0 saturated carbocycles. The van der Waals surface area contributed by atoms with E-state index < -0.39 is 5.54 Å². The number of unbranched alkanes of at least 4 members (excludes halogenated alkanes) is 5. The summed E-state index contributed by atoms with van der Waals surface area (Å²) in [5, 5.41) is 19.0. The van der Waals surface area contributed by atoms with Crippen LogP contribution in [0, 0.1) is 5.92 Å². The maximum absolute atomic E-state index is 9.50. The summed E-state index contributed by atoms with van der Waals surface area (Å²) in [4.78, 5) is 0. The van der Waals surface area contributed by atoms with Gasteiger partial charge < -0.3 is 15.9 Å². The van der Waals surface area contributed by atoms with E-state index in [9.17, 15) is 10.2 Å². The van der Waals surface area contributed by atoms with Crippen LogP contribution in [0.2, 0.25) is 0 Å². The molecule has 0 aromatic heterocycles. The molecule has 0 bridgehead atoms. The Hall–Kier alpha value is -0.900. The normalized spacial score (nSPS) is 17.5. The first kappa shape index (κ1) is 18.4. The molecule has 23 heavy (non-hydrogen) atoms. The summed E-state index contributed by atoms with van der Waals surface area (Å²) in [6, 6.07) is 6.77. The molecule has 0 amide bonds. The molecular formula is C20H33NO2. The van der Waals surface area contributed by atoms with E-state index in [4.69, 9.17) is 5.73 Å². The summed E-state index contributed by atoms with van der Waals surface area (Å²) in [7, 11) is 0. The molecule has 0 radical (unpaired) electrons. The number of aliphatic hydroxyl groups excluding tert-OH is 2. The zero-order valence-electron chi connectivity index (χ0n) is 14.6. The fourth-order valence-corrected chi connectivity index (χ4v) is 3.65. The molecule has 0 fully saturated rings. The van der Waals surface area contributed by atoms with Gasteiger partial charge in [0.15, 0.2) is 0 Å². The monoisotopic (exact) mass is 319 g/mol. The molecule has 0 aliphatic heterocycles. The maximum Gasteiger partial charge on any atom is 0.0658 e. The highest BCUT2D eigenvalue weighted by Gasteiger charge is 2.37. The Labute approximate surface area is 140 Å². The summed E-state index contributed by atoms with van der Waals surface area (Å²) in [5.74, 6) is 0.136. The predicted octanol–water partition coefficient (Wildman–Crippen LogP) is 2.99. The summed E-state index contributed by atoms with van der Waals surface area (Å²) in [6.45, 7) is 1.93. The summed E-state index contributed by atoms with van der Waals surface area (Å²) in [6.07, 6.45) is 10.8. The van der Waals surface area contributed by atoms with Crippen molar-refractivity contribution in [3.63, 3.8) is 0 Å². The molecule has 0 saturated heterocycles. The number of aliphatic hydroxyl groups is 2. The number of fused-ring (bicyclic) bond motifs is 1. The summed E-state index contributed by atoms with van der Waals surface area (Å²) in [5.41, 5.74) is 9.40. The van der Waals surface area contributed by atoms with Crippen LogP contribution < -0.4 is 5.73 Å². The van der Waals surface area contributed by atoms with E-state index in [0.29, 0.717) is 0 Å². The van der Waals surface area contributed by atoms with Gasteiger partial charge in [0.1, 0.15) is 0 Å². The topological polar surface area (TPSA) is 66.5 Å². The Bertz CT molecular complexity index is 483. The standard InChI is InChI=1S/C20H33NO2/c1-2-3-4-5-6-7-8-16-9-10-17-12-19(13-18(17)11-16)20(21,14-22)15-23/h9-11,19,22-23H,2-8,12-15,21H2,1H3/t19-/m0/s1. The van der Waals surface area contributed by atoms with Crippen LogP contribution in [0.4, 0.5) is 0 Å².